The van der Waals surface area contributed by atoms with Crippen molar-refractivity contribution in [2.45, 2.75) is 25.0 Å². The Balaban J connectivity index is 1.33. The Bertz CT molecular complexity index is 984. The van der Waals surface area contributed by atoms with Crippen molar-refractivity contribution >= 4 is 23.4 Å². The molecule has 3 aromatic carbocycles. The van der Waals surface area contributed by atoms with Gasteiger partial charge in [0.2, 0.25) is 5.91 Å². The second-order valence-corrected chi connectivity index (χ2v) is 8.33. The second-order valence-electron chi connectivity index (χ2n) is 7.23. The molecule has 4 rings (SSSR count). The van der Waals surface area contributed by atoms with Crippen molar-refractivity contribution in [1.29, 1.82) is 0 Å². The predicted octanol–water partition coefficient (Wildman–Crippen LogP) is 5.61. The highest BCUT2D eigenvalue weighted by atomic mass is 32.2. The minimum atomic E-state index is -0.0593. The fourth-order valence-electron chi connectivity index (χ4n) is 3.66. The van der Waals surface area contributed by atoms with Gasteiger partial charge in [0.15, 0.2) is 0 Å². The molecule has 0 aliphatic heterocycles. The molecule has 0 heterocycles. The van der Waals surface area contributed by atoms with Crippen molar-refractivity contribution in [3.8, 4) is 11.1 Å². The number of nitrogens with zero attached hydrogens (tertiary/aromatic N) is 1. The van der Waals surface area contributed by atoms with E-state index in [0.717, 1.165) is 18.6 Å². The predicted molar refractivity (Wildman–Crippen MR) is 122 cm³/mol. The Kier molecular flexibility index (Phi) is 6.11. The molecule has 0 aromatic heterocycles. The van der Waals surface area contributed by atoms with Crippen LogP contribution in [-0.4, -0.2) is 17.4 Å². The molecule has 4 heteroatoms. The minimum Gasteiger partial charge on any atom is -0.272 e. The Morgan fingerprint density at radius 1 is 0.897 bits per heavy atom. The van der Waals surface area contributed by atoms with Crippen LogP contribution in [0.1, 0.15) is 35.3 Å². The molecule has 3 aromatic rings. The summed E-state index contributed by atoms with van der Waals surface area (Å²) in [6.07, 6.45) is 1.76. The highest BCUT2D eigenvalue weighted by molar-refractivity contribution is 8.00. The number of thioether (sulfide) groups is 1. The van der Waals surface area contributed by atoms with Crippen molar-refractivity contribution in [2.75, 3.05) is 5.75 Å². The second kappa shape index (κ2) is 9.10. The summed E-state index contributed by atoms with van der Waals surface area (Å²) in [5.74, 6) is 0.318. The van der Waals surface area contributed by atoms with Crippen LogP contribution in [0.5, 0.6) is 0 Å². The van der Waals surface area contributed by atoms with Gasteiger partial charge in [0, 0.05) is 5.71 Å². The molecule has 1 aliphatic carbocycles. The number of benzene rings is 3. The van der Waals surface area contributed by atoms with Gasteiger partial charge >= 0.3 is 0 Å². The van der Waals surface area contributed by atoms with E-state index in [-0.39, 0.29) is 11.2 Å². The van der Waals surface area contributed by atoms with Gasteiger partial charge in [-0.3, -0.25) is 4.79 Å². The van der Waals surface area contributed by atoms with Crippen molar-refractivity contribution < 1.29 is 4.79 Å². The molecule has 0 fully saturated rings. The number of hydrogen-bond acceptors (Lipinski definition) is 3. The zero-order valence-corrected chi connectivity index (χ0v) is 17.3. The first-order valence-electron chi connectivity index (χ1n) is 9.88. The summed E-state index contributed by atoms with van der Waals surface area (Å²) in [5, 5.41) is 4.47. The van der Waals surface area contributed by atoms with E-state index >= 15 is 0 Å². The summed E-state index contributed by atoms with van der Waals surface area (Å²) in [5.41, 5.74) is 10.1. The SMILES string of the molecule is C/C(CCc1ccccc1)=N/NC(=O)CSC1c2ccccc2-c2ccccc21. The van der Waals surface area contributed by atoms with Crippen LogP contribution in [0.15, 0.2) is 84.0 Å². The maximum atomic E-state index is 12.4. The van der Waals surface area contributed by atoms with Crippen LogP contribution in [0.2, 0.25) is 0 Å². The molecule has 0 radical (unpaired) electrons. The molecule has 0 atom stereocenters. The maximum absolute atomic E-state index is 12.4. The highest BCUT2D eigenvalue weighted by Crippen LogP contribution is 2.49. The third-order valence-corrected chi connectivity index (χ3v) is 6.42. The van der Waals surface area contributed by atoms with Crippen LogP contribution in [-0.2, 0) is 11.2 Å². The van der Waals surface area contributed by atoms with Gasteiger partial charge in [-0.1, -0.05) is 78.9 Å². The summed E-state index contributed by atoms with van der Waals surface area (Å²) >= 11 is 1.66. The van der Waals surface area contributed by atoms with Crippen molar-refractivity contribution in [2.24, 2.45) is 5.10 Å². The quantitative estimate of drug-likeness (QED) is 0.413. The van der Waals surface area contributed by atoms with Crippen LogP contribution >= 0.6 is 11.8 Å². The summed E-state index contributed by atoms with van der Waals surface area (Å²) in [4.78, 5) is 12.4. The summed E-state index contributed by atoms with van der Waals surface area (Å²) in [6, 6.07) is 27.3. The van der Waals surface area contributed by atoms with E-state index in [0.29, 0.717) is 5.75 Å². The zero-order valence-electron chi connectivity index (χ0n) is 16.5. The van der Waals surface area contributed by atoms with Crippen LogP contribution in [0.25, 0.3) is 11.1 Å². The third kappa shape index (κ3) is 4.60. The largest absolute Gasteiger partial charge is 0.272 e. The summed E-state index contributed by atoms with van der Waals surface area (Å²) in [7, 11) is 0. The van der Waals surface area contributed by atoms with Crippen molar-refractivity contribution in [3.05, 3.63) is 95.6 Å². The standard InChI is InChI=1S/C25H24N2OS/c1-18(15-16-19-9-3-2-4-10-19)26-27-24(28)17-29-25-22-13-7-5-11-20(22)21-12-6-8-14-23(21)25/h2-14,25H,15-17H2,1H3,(H,27,28)/b26-18-. The van der Waals surface area contributed by atoms with Crippen LogP contribution in [0, 0.1) is 0 Å². The first kappa shape index (κ1) is 19.5. The molecular weight excluding hydrogens is 376 g/mol. The molecular formula is C25H24N2OS. The minimum absolute atomic E-state index is 0.0593. The lowest BCUT2D eigenvalue weighted by molar-refractivity contribution is -0.118. The molecule has 0 bridgehead atoms. The van der Waals surface area contributed by atoms with Crippen LogP contribution in [0.4, 0.5) is 0 Å². The molecule has 0 unspecified atom stereocenters. The number of aryl methyl sites for hydroxylation is 1. The summed E-state index contributed by atoms with van der Waals surface area (Å²) < 4.78 is 0. The lowest BCUT2D eigenvalue weighted by Gasteiger charge is -2.12. The zero-order chi connectivity index (χ0) is 20.1. The van der Waals surface area contributed by atoms with E-state index in [1.165, 1.54) is 27.8 Å². The Morgan fingerprint density at radius 2 is 1.48 bits per heavy atom. The normalized spacial score (nSPS) is 13.1. The fraction of sp³-hybridized carbons (Fsp3) is 0.200. The van der Waals surface area contributed by atoms with Crippen LogP contribution in [0.3, 0.4) is 0 Å². The fourth-order valence-corrected chi connectivity index (χ4v) is 4.82. The topological polar surface area (TPSA) is 41.5 Å². The van der Waals surface area contributed by atoms with E-state index in [1.54, 1.807) is 11.8 Å². The monoisotopic (exact) mass is 400 g/mol. The van der Waals surface area contributed by atoms with E-state index in [9.17, 15) is 4.79 Å². The summed E-state index contributed by atoms with van der Waals surface area (Å²) in [6.45, 7) is 1.96. The van der Waals surface area contributed by atoms with Crippen molar-refractivity contribution in [3.63, 3.8) is 0 Å². The first-order chi connectivity index (χ1) is 14.2. The Morgan fingerprint density at radius 3 is 2.14 bits per heavy atom. The van der Waals surface area contributed by atoms with Gasteiger partial charge < -0.3 is 0 Å². The Hall–Kier alpha value is -2.85. The number of carbonyl (C=O) groups excluding carboxylic acids is 1. The molecule has 29 heavy (non-hydrogen) atoms. The van der Waals surface area contributed by atoms with Gasteiger partial charge in [-0.15, -0.1) is 11.8 Å². The maximum Gasteiger partial charge on any atom is 0.250 e. The average Bonchev–Trinajstić information content (AvgIpc) is 3.09. The molecule has 0 saturated heterocycles. The molecule has 1 amide bonds. The lowest BCUT2D eigenvalue weighted by atomic mass is 10.1. The molecule has 146 valence electrons. The Labute approximate surface area is 176 Å². The number of hydrazone groups is 1. The lowest BCUT2D eigenvalue weighted by Crippen LogP contribution is -2.21. The van der Waals surface area contributed by atoms with Gasteiger partial charge in [-0.05, 0) is 47.6 Å². The van der Waals surface area contributed by atoms with E-state index in [4.69, 9.17) is 0 Å². The average molecular weight is 401 g/mol. The van der Waals surface area contributed by atoms with Crippen LogP contribution < -0.4 is 5.43 Å². The van der Waals surface area contributed by atoms with Gasteiger partial charge in [0.25, 0.3) is 0 Å². The number of fused-ring (bicyclic) bond motifs is 3. The van der Waals surface area contributed by atoms with E-state index in [2.05, 4.69) is 71.2 Å². The number of carbonyl (C=O) groups is 1. The smallest absolute Gasteiger partial charge is 0.250 e. The van der Waals surface area contributed by atoms with E-state index in [1.807, 2.05) is 25.1 Å². The molecule has 1 aliphatic rings. The number of nitrogens with one attached hydrogen (secondary N) is 1. The highest BCUT2D eigenvalue weighted by Gasteiger charge is 2.28. The molecule has 1 N–H and O–H groups in total. The molecule has 3 nitrogen and oxygen atoms in total. The van der Waals surface area contributed by atoms with E-state index < -0.39 is 0 Å². The van der Waals surface area contributed by atoms with Crippen molar-refractivity contribution in [1.82, 2.24) is 5.43 Å². The van der Waals surface area contributed by atoms with Gasteiger partial charge in [0.1, 0.15) is 0 Å². The van der Waals surface area contributed by atoms with Gasteiger partial charge in [-0.25, -0.2) is 5.43 Å². The number of rotatable bonds is 7. The number of hydrogen-bond donors (Lipinski definition) is 1. The molecule has 0 spiro atoms. The number of amides is 1. The first-order valence-corrected chi connectivity index (χ1v) is 10.9. The third-order valence-electron chi connectivity index (χ3n) is 5.15. The van der Waals surface area contributed by atoms with Gasteiger partial charge in [-0.2, -0.15) is 5.10 Å². The molecule has 0 saturated carbocycles. The van der Waals surface area contributed by atoms with Gasteiger partial charge in [0.05, 0.1) is 11.0 Å².